The number of carbonyl (C=O) groups is 3. The van der Waals surface area contributed by atoms with Crippen LogP contribution in [0.2, 0.25) is 0 Å². The summed E-state index contributed by atoms with van der Waals surface area (Å²) in [6.45, 7) is 14.3. The SMILES string of the molecule is C=Cc1ccc(COC(=O)C2=C(C)/C(=C3/C(=O)C(c4[nH]c(C)c(C(=O)OCc5ccc(C=C)cc5)c4C)=C3O)N=C2C)cc1. The van der Waals surface area contributed by atoms with Gasteiger partial charge in [0.25, 0.3) is 0 Å². The largest absolute Gasteiger partial charge is 0.506 e. The summed E-state index contributed by atoms with van der Waals surface area (Å²) >= 11 is 0. The number of esters is 2. The first kappa shape index (κ1) is 30.0. The first-order valence-corrected chi connectivity index (χ1v) is 14.0. The number of ether oxygens (including phenoxy) is 2. The van der Waals surface area contributed by atoms with Crippen molar-refractivity contribution in [2.75, 3.05) is 0 Å². The van der Waals surface area contributed by atoms with Crippen molar-refractivity contribution in [1.29, 1.82) is 0 Å². The number of nitrogens with one attached hydrogen (secondary N) is 1. The minimum absolute atomic E-state index is 0.0124. The van der Waals surface area contributed by atoms with Crippen LogP contribution < -0.4 is 0 Å². The van der Waals surface area contributed by atoms with Gasteiger partial charge in [0.2, 0.25) is 5.78 Å². The smallest absolute Gasteiger partial charge is 0.340 e. The van der Waals surface area contributed by atoms with Gasteiger partial charge in [0, 0.05) is 5.69 Å². The molecule has 0 bridgehead atoms. The molecule has 0 fully saturated rings. The van der Waals surface area contributed by atoms with Crippen LogP contribution in [0.4, 0.5) is 0 Å². The summed E-state index contributed by atoms with van der Waals surface area (Å²) in [4.78, 5) is 46.9. The van der Waals surface area contributed by atoms with Crippen LogP contribution in [0.1, 0.15) is 63.4 Å². The van der Waals surface area contributed by atoms with E-state index in [9.17, 15) is 19.5 Å². The second-order valence-electron chi connectivity index (χ2n) is 10.6. The van der Waals surface area contributed by atoms with Crippen LogP contribution in [0.15, 0.2) is 94.9 Å². The maximum Gasteiger partial charge on any atom is 0.340 e. The number of Topliss-reactive ketones (excluding diaryl/α,β-unsaturated/α-hetero) is 1. The third kappa shape index (κ3) is 5.38. The van der Waals surface area contributed by atoms with Crippen LogP contribution in [0.3, 0.4) is 0 Å². The topological polar surface area (TPSA) is 118 Å². The maximum atomic E-state index is 13.4. The van der Waals surface area contributed by atoms with Gasteiger partial charge in [-0.25, -0.2) is 9.59 Å². The van der Waals surface area contributed by atoms with E-state index in [1.165, 1.54) is 0 Å². The lowest BCUT2D eigenvalue weighted by Crippen LogP contribution is -2.23. The molecule has 0 saturated carbocycles. The number of aromatic nitrogens is 1. The van der Waals surface area contributed by atoms with Gasteiger partial charge in [0.15, 0.2) is 0 Å². The van der Waals surface area contributed by atoms with E-state index in [1.54, 1.807) is 39.8 Å². The Morgan fingerprint density at radius 2 is 1.36 bits per heavy atom. The first-order chi connectivity index (χ1) is 21.0. The number of hydrogen-bond donors (Lipinski definition) is 2. The number of hydrogen-bond acceptors (Lipinski definition) is 7. The molecular weight excluding hydrogens is 556 g/mol. The van der Waals surface area contributed by atoms with Gasteiger partial charge in [0.05, 0.1) is 39.4 Å². The lowest BCUT2D eigenvalue weighted by atomic mass is 9.82. The van der Waals surface area contributed by atoms with Crippen molar-refractivity contribution in [1.82, 2.24) is 4.98 Å². The molecule has 5 rings (SSSR count). The van der Waals surface area contributed by atoms with Crippen LogP contribution in [0, 0.1) is 13.8 Å². The minimum atomic E-state index is -0.571. The Hall–Kier alpha value is -5.50. The van der Waals surface area contributed by atoms with Crippen molar-refractivity contribution in [2.24, 2.45) is 4.99 Å². The molecule has 44 heavy (non-hydrogen) atoms. The van der Waals surface area contributed by atoms with Gasteiger partial charge in [-0.15, -0.1) is 0 Å². The molecule has 222 valence electrons. The number of aliphatic imine (C=N–C) groups is 1. The highest BCUT2D eigenvalue weighted by atomic mass is 16.5. The Morgan fingerprint density at radius 3 is 1.86 bits per heavy atom. The Balaban J connectivity index is 1.36. The van der Waals surface area contributed by atoms with Gasteiger partial charge in [-0.1, -0.05) is 73.8 Å². The predicted molar refractivity (Wildman–Crippen MR) is 170 cm³/mol. The van der Waals surface area contributed by atoms with Gasteiger partial charge in [-0.3, -0.25) is 9.79 Å². The predicted octanol–water partition coefficient (Wildman–Crippen LogP) is 6.91. The summed E-state index contributed by atoms with van der Waals surface area (Å²) < 4.78 is 11.1. The molecule has 2 aromatic carbocycles. The number of aromatic amines is 1. The summed E-state index contributed by atoms with van der Waals surface area (Å²) in [5.74, 6) is -1.82. The molecule has 1 aromatic heterocycles. The van der Waals surface area contributed by atoms with E-state index in [4.69, 9.17) is 9.47 Å². The fraction of sp³-hybridized carbons (Fsp3) is 0.167. The van der Waals surface area contributed by atoms with Gasteiger partial charge in [-0.05, 0) is 61.1 Å². The second-order valence-corrected chi connectivity index (χ2v) is 10.6. The summed E-state index contributed by atoms with van der Waals surface area (Å²) in [7, 11) is 0. The monoisotopic (exact) mass is 588 g/mol. The molecule has 0 spiro atoms. The van der Waals surface area contributed by atoms with Gasteiger partial charge >= 0.3 is 11.9 Å². The van der Waals surface area contributed by atoms with Gasteiger partial charge < -0.3 is 19.6 Å². The summed E-state index contributed by atoms with van der Waals surface area (Å²) in [5.41, 5.74) is 6.53. The van der Waals surface area contributed by atoms with Crippen molar-refractivity contribution in [2.45, 2.75) is 40.9 Å². The maximum absolute atomic E-state index is 13.4. The van der Waals surface area contributed by atoms with Crippen LogP contribution in [-0.4, -0.2) is 33.5 Å². The van der Waals surface area contributed by atoms with Crippen molar-refractivity contribution in [3.63, 3.8) is 0 Å². The number of aliphatic hydroxyl groups excluding tert-OH is 1. The zero-order chi connectivity index (χ0) is 31.7. The van der Waals surface area contributed by atoms with Gasteiger partial charge in [0.1, 0.15) is 19.0 Å². The fourth-order valence-electron chi connectivity index (χ4n) is 5.34. The normalized spacial score (nSPS) is 16.1. The Labute approximate surface area is 255 Å². The van der Waals surface area contributed by atoms with E-state index in [2.05, 4.69) is 23.1 Å². The Kier molecular flexibility index (Phi) is 8.18. The number of allylic oxidation sites excluding steroid dienone is 3. The van der Waals surface area contributed by atoms with Crippen molar-refractivity contribution >= 4 is 41.2 Å². The lowest BCUT2D eigenvalue weighted by Gasteiger charge is -2.22. The fourth-order valence-corrected chi connectivity index (χ4v) is 5.34. The van der Waals surface area contributed by atoms with Crippen LogP contribution in [0.5, 0.6) is 0 Å². The molecule has 0 unspecified atom stereocenters. The van der Waals surface area contributed by atoms with Crippen molar-refractivity contribution in [3.8, 4) is 0 Å². The van der Waals surface area contributed by atoms with E-state index in [-0.39, 0.29) is 41.4 Å². The molecule has 1 aliphatic heterocycles. The Bertz CT molecular complexity index is 1860. The standard InChI is InChI=1S/C36H32N2O6/c1-7-23-9-13-25(14-10-23)17-43-35(41)27-19(3)31(37-21(27)5)29-33(39)30(34(29)40)32-20(4)28(22(6)38-32)36(42)44-18-26-15-11-24(8-2)12-16-26/h7-16,37,39H,1-2,17-18H2,3-6H3/b32-30-. The molecular formula is C36H32N2O6. The third-order valence-corrected chi connectivity index (χ3v) is 7.80. The first-order valence-electron chi connectivity index (χ1n) is 14.0. The van der Waals surface area contributed by atoms with Crippen LogP contribution in [-0.2, 0) is 32.3 Å². The number of H-pyrrole nitrogens is 1. The second kappa shape index (κ2) is 12.0. The molecule has 2 aliphatic rings. The van der Waals surface area contributed by atoms with E-state index in [1.807, 2.05) is 48.5 Å². The molecule has 0 saturated heterocycles. The molecule has 8 heteroatoms. The number of benzene rings is 2. The van der Waals surface area contributed by atoms with Crippen molar-refractivity contribution in [3.05, 3.63) is 135 Å². The molecule has 2 heterocycles. The van der Waals surface area contributed by atoms with E-state index in [0.717, 1.165) is 22.3 Å². The highest BCUT2D eigenvalue weighted by Crippen LogP contribution is 2.43. The molecule has 0 radical (unpaired) electrons. The van der Waals surface area contributed by atoms with E-state index >= 15 is 0 Å². The van der Waals surface area contributed by atoms with Crippen LogP contribution in [0.25, 0.3) is 17.7 Å². The third-order valence-electron chi connectivity index (χ3n) is 7.80. The zero-order valence-corrected chi connectivity index (χ0v) is 25.0. The van der Waals surface area contributed by atoms with Gasteiger partial charge in [-0.2, -0.15) is 0 Å². The molecule has 0 amide bonds. The minimum Gasteiger partial charge on any atom is -0.506 e. The molecule has 0 atom stereocenters. The van der Waals surface area contributed by atoms with Crippen LogP contribution >= 0.6 is 0 Å². The molecule has 8 nitrogen and oxygen atoms in total. The highest BCUT2D eigenvalue weighted by Gasteiger charge is 2.42. The zero-order valence-electron chi connectivity index (χ0n) is 25.0. The Morgan fingerprint density at radius 1 is 0.841 bits per heavy atom. The number of aryl methyl sites for hydroxylation is 1. The average Bonchev–Trinajstić information content (AvgIpc) is 3.47. The number of carbonyl (C=O) groups excluding carboxylic acids is 3. The van der Waals surface area contributed by atoms with E-state index in [0.29, 0.717) is 33.8 Å². The lowest BCUT2D eigenvalue weighted by molar-refractivity contribution is -0.139. The van der Waals surface area contributed by atoms with Crippen molar-refractivity contribution < 1.29 is 29.0 Å². The molecule has 2 N–H and O–H groups in total. The summed E-state index contributed by atoms with van der Waals surface area (Å²) in [6.07, 6.45) is 3.46. The summed E-state index contributed by atoms with van der Waals surface area (Å²) in [6, 6.07) is 14.9. The molecule has 1 aliphatic carbocycles. The number of aliphatic hydroxyl groups is 1. The number of rotatable bonds is 9. The summed E-state index contributed by atoms with van der Waals surface area (Å²) in [5, 5.41) is 11.1. The molecule has 3 aromatic rings. The number of nitrogens with zero attached hydrogens (tertiary/aromatic N) is 1. The average molecular weight is 589 g/mol. The van der Waals surface area contributed by atoms with E-state index < -0.39 is 17.7 Å². The number of ketones is 1. The highest BCUT2D eigenvalue weighted by molar-refractivity contribution is 6.40. The quantitative estimate of drug-likeness (QED) is 0.207.